The van der Waals surface area contributed by atoms with Crippen molar-refractivity contribution in [2.75, 3.05) is 5.32 Å². The van der Waals surface area contributed by atoms with Gasteiger partial charge in [-0.3, -0.25) is 4.79 Å². The summed E-state index contributed by atoms with van der Waals surface area (Å²) in [6.45, 7) is 5.44. The number of aryl methyl sites for hydroxylation is 1. The van der Waals surface area contributed by atoms with Gasteiger partial charge in [0.05, 0.1) is 5.69 Å². The lowest BCUT2D eigenvalue weighted by molar-refractivity contribution is -0.128. The zero-order valence-corrected chi connectivity index (χ0v) is 14.6. The summed E-state index contributed by atoms with van der Waals surface area (Å²) in [6, 6.07) is 19.1. The highest BCUT2D eigenvalue weighted by Crippen LogP contribution is 2.20. The number of amides is 1. The van der Waals surface area contributed by atoms with E-state index in [1.807, 2.05) is 61.5 Å². The van der Waals surface area contributed by atoms with Crippen LogP contribution in [0.15, 0.2) is 66.9 Å². The number of rotatable bonds is 5. The van der Waals surface area contributed by atoms with E-state index in [4.69, 9.17) is 4.74 Å². The Balaban J connectivity index is 1.69. The molecule has 128 valence electrons. The van der Waals surface area contributed by atoms with E-state index in [-0.39, 0.29) is 5.91 Å². The average Bonchev–Trinajstić information content (AvgIpc) is 3.05. The highest BCUT2D eigenvalue weighted by Gasteiger charge is 2.31. The van der Waals surface area contributed by atoms with Crippen molar-refractivity contribution in [3.63, 3.8) is 0 Å². The first-order chi connectivity index (χ1) is 11.9. The van der Waals surface area contributed by atoms with Crippen molar-refractivity contribution < 1.29 is 9.53 Å². The molecule has 0 spiro atoms. The van der Waals surface area contributed by atoms with Gasteiger partial charge in [-0.15, -0.1) is 5.10 Å². The Hall–Kier alpha value is -3.08. The Morgan fingerprint density at radius 1 is 1.04 bits per heavy atom. The fourth-order valence-corrected chi connectivity index (χ4v) is 2.31. The molecule has 0 saturated carbocycles. The first kappa shape index (κ1) is 16.8. The van der Waals surface area contributed by atoms with E-state index >= 15 is 0 Å². The van der Waals surface area contributed by atoms with E-state index in [0.29, 0.717) is 5.88 Å². The summed E-state index contributed by atoms with van der Waals surface area (Å²) in [7, 11) is 0. The number of nitrogens with zero attached hydrogens (tertiary/aromatic N) is 2. The zero-order valence-electron chi connectivity index (χ0n) is 14.6. The number of aromatic nitrogens is 2. The minimum absolute atomic E-state index is 0.231. The van der Waals surface area contributed by atoms with E-state index < -0.39 is 5.60 Å². The monoisotopic (exact) mass is 335 g/mol. The van der Waals surface area contributed by atoms with E-state index in [1.54, 1.807) is 30.8 Å². The van der Waals surface area contributed by atoms with Gasteiger partial charge in [-0.25, -0.2) is 4.68 Å². The molecule has 0 aliphatic rings. The highest BCUT2D eigenvalue weighted by molar-refractivity contribution is 5.96. The van der Waals surface area contributed by atoms with Gasteiger partial charge in [0.2, 0.25) is 5.88 Å². The molecular weight excluding hydrogens is 314 g/mol. The smallest absolute Gasteiger partial charge is 0.268 e. The minimum atomic E-state index is -1.05. The second-order valence-corrected chi connectivity index (χ2v) is 6.37. The van der Waals surface area contributed by atoms with E-state index in [1.165, 1.54) is 0 Å². The van der Waals surface area contributed by atoms with E-state index in [0.717, 1.165) is 16.9 Å². The number of anilines is 1. The lowest BCUT2D eigenvalue weighted by Gasteiger charge is -2.23. The summed E-state index contributed by atoms with van der Waals surface area (Å²) in [5.41, 5.74) is 1.75. The quantitative estimate of drug-likeness (QED) is 0.767. The molecular formula is C20H21N3O2. The molecule has 0 aliphatic carbocycles. The predicted molar refractivity (Wildman–Crippen MR) is 98.1 cm³/mol. The van der Waals surface area contributed by atoms with Crippen LogP contribution in [-0.2, 0) is 4.79 Å². The summed E-state index contributed by atoms with van der Waals surface area (Å²) in [5, 5.41) is 7.25. The first-order valence-corrected chi connectivity index (χ1v) is 8.12. The SMILES string of the molecule is Cc1ccc(NC(=O)C(C)(C)Oc2ccn(-c3ccccc3)n2)cc1. The van der Waals surface area contributed by atoms with Gasteiger partial charge in [0.1, 0.15) is 0 Å². The third kappa shape index (κ3) is 4.07. The summed E-state index contributed by atoms with van der Waals surface area (Å²) in [5.74, 6) is 0.165. The molecule has 25 heavy (non-hydrogen) atoms. The van der Waals surface area contributed by atoms with Crippen LogP contribution in [0.25, 0.3) is 5.69 Å². The molecule has 1 aromatic heterocycles. The molecule has 1 amide bonds. The number of hydrogen-bond acceptors (Lipinski definition) is 3. The molecule has 0 bridgehead atoms. The van der Waals surface area contributed by atoms with Gasteiger partial charge < -0.3 is 10.1 Å². The molecule has 0 fully saturated rings. The highest BCUT2D eigenvalue weighted by atomic mass is 16.5. The van der Waals surface area contributed by atoms with Crippen LogP contribution < -0.4 is 10.1 Å². The Morgan fingerprint density at radius 3 is 2.40 bits per heavy atom. The maximum absolute atomic E-state index is 12.5. The van der Waals surface area contributed by atoms with Crippen LogP contribution in [0.4, 0.5) is 5.69 Å². The lowest BCUT2D eigenvalue weighted by atomic mass is 10.1. The Bertz CT molecular complexity index is 852. The van der Waals surface area contributed by atoms with Gasteiger partial charge in [-0.2, -0.15) is 0 Å². The van der Waals surface area contributed by atoms with Gasteiger partial charge in [0.15, 0.2) is 5.60 Å². The standard InChI is InChI=1S/C20H21N3O2/c1-15-9-11-16(12-10-15)21-19(24)20(2,3)25-18-13-14-23(22-18)17-7-5-4-6-8-17/h4-14H,1-3H3,(H,21,24). The van der Waals surface area contributed by atoms with Crippen molar-refractivity contribution in [2.24, 2.45) is 0 Å². The molecule has 0 saturated heterocycles. The molecule has 0 radical (unpaired) electrons. The third-order valence-corrected chi connectivity index (χ3v) is 3.80. The van der Waals surface area contributed by atoms with Crippen LogP contribution in [0, 0.1) is 6.92 Å². The molecule has 5 nitrogen and oxygen atoms in total. The number of para-hydroxylation sites is 1. The minimum Gasteiger partial charge on any atom is -0.460 e. The maximum atomic E-state index is 12.5. The number of ether oxygens (including phenoxy) is 1. The maximum Gasteiger partial charge on any atom is 0.268 e. The topological polar surface area (TPSA) is 56.1 Å². The van der Waals surface area contributed by atoms with Crippen LogP contribution in [-0.4, -0.2) is 21.3 Å². The predicted octanol–water partition coefficient (Wildman–Crippen LogP) is 3.98. The molecule has 3 rings (SSSR count). The second kappa shape index (κ2) is 6.81. The van der Waals surface area contributed by atoms with Gasteiger partial charge in [0, 0.05) is 18.0 Å². The molecule has 3 aromatic rings. The number of benzene rings is 2. The normalized spacial score (nSPS) is 11.2. The largest absolute Gasteiger partial charge is 0.460 e. The van der Waals surface area contributed by atoms with E-state index in [2.05, 4.69) is 10.4 Å². The molecule has 1 heterocycles. The fourth-order valence-electron chi connectivity index (χ4n) is 2.31. The number of nitrogens with one attached hydrogen (secondary N) is 1. The van der Waals surface area contributed by atoms with Crippen molar-refractivity contribution in [3.05, 3.63) is 72.4 Å². The number of carbonyl (C=O) groups excluding carboxylic acids is 1. The third-order valence-electron chi connectivity index (χ3n) is 3.80. The van der Waals surface area contributed by atoms with Gasteiger partial charge in [-0.05, 0) is 45.0 Å². The van der Waals surface area contributed by atoms with Crippen LogP contribution in [0.5, 0.6) is 5.88 Å². The van der Waals surface area contributed by atoms with Gasteiger partial charge in [-0.1, -0.05) is 35.9 Å². The Labute approximate surface area is 147 Å². The Kier molecular flexibility index (Phi) is 4.57. The van der Waals surface area contributed by atoms with E-state index in [9.17, 15) is 4.79 Å². The van der Waals surface area contributed by atoms with Crippen LogP contribution in [0.1, 0.15) is 19.4 Å². The summed E-state index contributed by atoms with van der Waals surface area (Å²) in [6.07, 6.45) is 1.80. The molecule has 0 unspecified atom stereocenters. The van der Waals surface area contributed by atoms with Crippen LogP contribution in [0.2, 0.25) is 0 Å². The van der Waals surface area contributed by atoms with Crippen molar-refractivity contribution in [1.82, 2.24) is 9.78 Å². The lowest BCUT2D eigenvalue weighted by Crippen LogP contribution is -2.42. The summed E-state index contributed by atoms with van der Waals surface area (Å²) >= 11 is 0. The Morgan fingerprint density at radius 2 is 1.72 bits per heavy atom. The van der Waals surface area contributed by atoms with Crippen molar-refractivity contribution >= 4 is 11.6 Å². The first-order valence-electron chi connectivity index (χ1n) is 8.12. The number of carbonyl (C=O) groups is 1. The van der Waals surface area contributed by atoms with Crippen molar-refractivity contribution in [3.8, 4) is 11.6 Å². The molecule has 0 atom stereocenters. The van der Waals surface area contributed by atoms with Crippen molar-refractivity contribution in [2.45, 2.75) is 26.4 Å². The van der Waals surface area contributed by atoms with Gasteiger partial charge in [0.25, 0.3) is 5.91 Å². The number of hydrogen-bond donors (Lipinski definition) is 1. The molecule has 0 aliphatic heterocycles. The fraction of sp³-hybridized carbons (Fsp3) is 0.200. The summed E-state index contributed by atoms with van der Waals surface area (Å²) in [4.78, 5) is 12.5. The molecule has 5 heteroatoms. The van der Waals surface area contributed by atoms with Crippen LogP contribution in [0.3, 0.4) is 0 Å². The molecule has 2 aromatic carbocycles. The van der Waals surface area contributed by atoms with Crippen LogP contribution >= 0.6 is 0 Å². The zero-order chi connectivity index (χ0) is 17.9. The van der Waals surface area contributed by atoms with Crippen molar-refractivity contribution in [1.29, 1.82) is 0 Å². The average molecular weight is 335 g/mol. The van der Waals surface area contributed by atoms with Gasteiger partial charge >= 0.3 is 0 Å². The molecule has 1 N–H and O–H groups in total. The second-order valence-electron chi connectivity index (χ2n) is 6.37. The summed E-state index contributed by atoms with van der Waals surface area (Å²) < 4.78 is 7.53.